The summed E-state index contributed by atoms with van der Waals surface area (Å²) in [6.45, 7) is 2.33. The van der Waals surface area contributed by atoms with E-state index >= 15 is 0 Å². The van der Waals surface area contributed by atoms with Crippen LogP contribution in [0.3, 0.4) is 0 Å². The summed E-state index contributed by atoms with van der Waals surface area (Å²) in [7, 11) is 0. The monoisotopic (exact) mass is 386 g/mol. The lowest BCUT2D eigenvalue weighted by Gasteiger charge is -2.34. The van der Waals surface area contributed by atoms with Crippen molar-refractivity contribution >= 4 is 30.3 Å². The second kappa shape index (κ2) is 8.13. The van der Waals surface area contributed by atoms with Gasteiger partial charge in [-0.3, -0.25) is 14.5 Å². The normalized spacial score (nSPS) is 30.2. The van der Waals surface area contributed by atoms with E-state index in [0.29, 0.717) is 25.3 Å². The zero-order valence-electron chi connectivity index (χ0n) is 15.5. The molecule has 1 heterocycles. The van der Waals surface area contributed by atoms with Crippen molar-refractivity contribution in [2.24, 2.45) is 11.7 Å². The molecule has 0 aromatic heterocycles. The van der Waals surface area contributed by atoms with Crippen LogP contribution in [-0.2, 0) is 9.59 Å². The van der Waals surface area contributed by atoms with Crippen molar-refractivity contribution in [2.75, 3.05) is 13.1 Å². The molecule has 3 aliphatic rings. The fourth-order valence-corrected chi connectivity index (χ4v) is 4.65. The van der Waals surface area contributed by atoms with E-state index in [0.717, 1.165) is 49.8 Å². The van der Waals surface area contributed by atoms with Gasteiger partial charge in [-0.25, -0.2) is 4.79 Å². The second-order valence-corrected chi connectivity index (χ2v) is 7.99. The van der Waals surface area contributed by atoms with Gasteiger partial charge in [0.15, 0.2) is 0 Å². The van der Waals surface area contributed by atoms with Gasteiger partial charge in [0.1, 0.15) is 12.1 Å². The molecule has 0 unspecified atom stereocenters. The van der Waals surface area contributed by atoms with E-state index in [-0.39, 0.29) is 36.3 Å². The molecule has 1 saturated heterocycles. The van der Waals surface area contributed by atoms with Crippen LogP contribution in [0.4, 0.5) is 4.79 Å². The van der Waals surface area contributed by atoms with Crippen molar-refractivity contribution < 1.29 is 14.4 Å². The highest BCUT2D eigenvalue weighted by atomic mass is 35.5. The van der Waals surface area contributed by atoms with Crippen LogP contribution in [0.5, 0.6) is 0 Å². The van der Waals surface area contributed by atoms with Crippen LogP contribution >= 0.6 is 12.4 Å². The van der Waals surface area contributed by atoms with Gasteiger partial charge in [-0.2, -0.15) is 0 Å². The van der Waals surface area contributed by atoms with Crippen LogP contribution in [0.2, 0.25) is 0 Å². The molecule has 3 fully saturated rings. The standard InChI is InChI=1S/C18H30N4O3.ClH/c1-2-13-5-9-18(10-6-13)15(24)22(16(25)21-18)11-14(23)20-17(12-19)7-3-4-8-17;/h13H,2-12,19H2,1H3,(H,20,23)(H,21,25);1H. The molecule has 4 amide bonds. The number of nitrogens with two attached hydrogens (primary N) is 1. The zero-order chi connectivity index (χ0) is 18.1. The number of nitrogens with one attached hydrogen (secondary N) is 2. The molecule has 1 spiro atoms. The van der Waals surface area contributed by atoms with Crippen molar-refractivity contribution in [3.05, 3.63) is 0 Å². The predicted octanol–water partition coefficient (Wildman–Crippen LogP) is 1.69. The Kier molecular flexibility index (Phi) is 6.55. The van der Waals surface area contributed by atoms with Crippen molar-refractivity contribution in [2.45, 2.75) is 75.8 Å². The minimum atomic E-state index is -0.790. The van der Waals surface area contributed by atoms with Gasteiger partial charge in [-0.05, 0) is 44.4 Å². The van der Waals surface area contributed by atoms with Crippen molar-refractivity contribution in [1.82, 2.24) is 15.5 Å². The Morgan fingerprint density at radius 1 is 1.23 bits per heavy atom. The van der Waals surface area contributed by atoms with E-state index in [1.807, 2.05) is 0 Å². The van der Waals surface area contributed by atoms with Crippen LogP contribution in [-0.4, -0.2) is 46.9 Å². The Labute approximate surface area is 161 Å². The first-order valence-corrected chi connectivity index (χ1v) is 9.59. The smallest absolute Gasteiger partial charge is 0.325 e. The molecule has 8 heteroatoms. The number of urea groups is 1. The van der Waals surface area contributed by atoms with Gasteiger partial charge in [-0.1, -0.05) is 26.2 Å². The molecule has 1 aliphatic heterocycles. The van der Waals surface area contributed by atoms with Gasteiger partial charge in [0.05, 0.1) is 5.54 Å². The van der Waals surface area contributed by atoms with Crippen LogP contribution < -0.4 is 16.4 Å². The van der Waals surface area contributed by atoms with E-state index in [9.17, 15) is 14.4 Å². The molecular weight excluding hydrogens is 356 g/mol. The number of rotatable bonds is 5. The number of carbonyl (C=O) groups excluding carboxylic acids is 3. The maximum Gasteiger partial charge on any atom is 0.325 e. The quantitative estimate of drug-likeness (QED) is 0.625. The molecule has 0 aromatic rings. The number of amides is 4. The van der Waals surface area contributed by atoms with Crippen molar-refractivity contribution in [3.8, 4) is 0 Å². The molecule has 0 bridgehead atoms. The molecule has 0 atom stereocenters. The first-order valence-electron chi connectivity index (χ1n) is 9.59. The maximum atomic E-state index is 12.8. The van der Waals surface area contributed by atoms with Crippen LogP contribution in [0.1, 0.15) is 64.7 Å². The number of hydrogen-bond acceptors (Lipinski definition) is 4. The molecule has 3 rings (SSSR count). The summed E-state index contributed by atoms with van der Waals surface area (Å²) in [5, 5.41) is 5.85. The van der Waals surface area contributed by atoms with E-state index < -0.39 is 11.6 Å². The average Bonchev–Trinajstić information content (AvgIpc) is 3.15. The summed E-state index contributed by atoms with van der Waals surface area (Å²) in [5.41, 5.74) is 4.69. The molecule has 2 saturated carbocycles. The minimum absolute atomic E-state index is 0. The lowest BCUT2D eigenvalue weighted by molar-refractivity contribution is -0.136. The molecule has 4 N–H and O–H groups in total. The highest BCUT2D eigenvalue weighted by Crippen LogP contribution is 2.37. The summed E-state index contributed by atoms with van der Waals surface area (Å²) >= 11 is 0. The molecule has 0 aromatic carbocycles. The number of carbonyl (C=O) groups is 3. The van der Waals surface area contributed by atoms with Crippen LogP contribution in [0, 0.1) is 5.92 Å². The summed E-state index contributed by atoms with van der Waals surface area (Å²) in [4.78, 5) is 38.7. The molecule has 2 aliphatic carbocycles. The molecule has 7 nitrogen and oxygen atoms in total. The summed E-state index contributed by atoms with van der Waals surface area (Å²) in [5.74, 6) is 0.0880. The molecule has 26 heavy (non-hydrogen) atoms. The molecule has 0 radical (unpaired) electrons. The van der Waals surface area contributed by atoms with Gasteiger partial charge in [0.2, 0.25) is 5.91 Å². The number of nitrogens with zero attached hydrogens (tertiary/aromatic N) is 1. The molecular formula is C18H31ClN4O3. The molecule has 148 valence electrons. The number of halogens is 1. The minimum Gasteiger partial charge on any atom is -0.348 e. The Balaban J connectivity index is 0.00000243. The fourth-order valence-electron chi connectivity index (χ4n) is 4.65. The van der Waals surface area contributed by atoms with Gasteiger partial charge in [0, 0.05) is 6.54 Å². The summed E-state index contributed by atoms with van der Waals surface area (Å²) in [6.07, 6.45) is 8.13. The van der Waals surface area contributed by atoms with Crippen LogP contribution in [0.25, 0.3) is 0 Å². The Bertz CT molecular complexity index is 555. The fraction of sp³-hybridized carbons (Fsp3) is 0.833. The predicted molar refractivity (Wildman–Crippen MR) is 101 cm³/mol. The van der Waals surface area contributed by atoms with Gasteiger partial charge in [0.25, 0.3) is 5.91 Å². The Morgan fingerprint density at radius 2 is 1.85 bits per heavy atom. The third kappa shape index (κ3) is 3.83. The average molecular weight is 387 g/mol. The first kappa shape index (κ1) is 21.0. The van der Waals surface area contributed by atoms with Gasteiger partial charge in [-0.15, -0.1) is 12.4 Å². The third-order valence-electron chi connectivity index (χ3n) is 6.44. The Hall–Kier alpha value is -1.34. The van der Waals surface area contributed by atoms with Gasteiger partial charge >= 0.3 is 6.03 Å². The highest BCUT2D eigenvalue weighted by molar-refractivity contribution is 6.09. The summed E-state index contributed by atoms with van der Waals surface area (Å²) in [6, 6.07) is -0.441. The lowest BCUT2D eigenvalue weighted by Crippen LogP contribution is -2.55. The largest absolute Gasteiger partial charge is 0.348 e. The maximum absolute atomic E-state index is 12.8. The van der Waals surface area contributed by atoms with Crippen LogP contribution in [0.15, 0.2) is 0 Å². The van der Waals surface area contributed by atoms with Gasteiger partial charge < -0.3 is 16.4 Å². The topological polar surface area (TPSA) is 105 Å². The number of imide groups is 1. The van der Waals surface area contributed by atoms with Crippen molar-refractivity contribution in [1.29, 1.82) is 0 Å². The highest BCUT2D eigenvalue weighted by Gasteiger charge is 2.52. The zero-order valence-corrected chi connectivity index (χ0v) is 16.3. The third-order valence-corrected chi connectivity index (χ3v) is 6.44. The Morgan fingerprint density at radius 3 is 2.38 bits per heavy atom. The SMILES string of the molecule is CCC1CCC2(CC1)NC(=O)N(CC(=O)NC1(CN)CCCC1)C2=O.Cl. The second-order valence-electron chi connectivity index (χ2n) is 7.99. The van der Waals surface area contributed by atoms with E-state index in [1.54, 1.807) is 0 Å². The summed E-state index contributed by atoms with van der Waals surface area (Å²) < 4.78 is 0. The van der Waals surface area contributed by atoms with E-state index in [2.05, 4.69) is 17.6 Å². The number of hydrogen-bond donors (Lipinski definition) is 3. The first-order chi connectivity index (χ1) is 11.9. The lowest BCUT2D eigenvalue weighted by atomic mass is 9.75. The van der Waals surface area contributed by atoms with E-state index in [4.69, 9.17) is 5.73 Å². The van der Waals surface area contributed by atoms with Crippen molar-refractivity contribution in [3.63, 3.8) is 0 Å². The van der Waals surface area contributed by atoms with E-state index in [1.165, 1.54) is 0 Å².